The van der Waals surface area contributed by atoms with Gasteiger partial charge in [0.1, 0.15) is 0 Å². The standard InChI is InChI=1S/C17H26N4O2/c1-11(6-5-9-22)18-17(23)8-7-15-13(3)19-16-10-12(2)20-21(16)14(15)4/h10-11,22H,5-9H2,1-4H3,(H,18,23). The van der Waals surface area contributed by atoms with Crippen LogP contribution in [0.2, 0.25) is 0 Å². The van der Waals surface area contributed by atoms with E-state index >= 15 is 0 Å². The summed E-state index contributed by atoms with van der Waals surface area (Å²) in [6.07, 6.45) is 2.58. The Hall–Kier alpha value is -1.95. The van der Waals surface area contributed by atoms with Crippen LogP contribution in [0.25, 0.3) is 5.65 Å². The topological polar surface area (TPSA) is 79.5 Å². The molecular formula is C17H26N4O2. The molecule has 0 aliphatic carbocycles. The highest BCUT2D eigenvalue weighted by Crippen LogP contribution is 2.17. The van der Waals surface area contributed by atoms with Gasteiger partial charge in [0.2, 0.25) is 5.91 Å². The molecule has 2 heterocycles. The first kappa shape index (κ1) is 17.4. The molecule has 1 amide bonds. The first-order valence-electron chi connectivity index (χ1n) is 8.15. The molecule has 2 N–H and O–H groups in total. The molecule has 1 unspecified atom stereocenters. The number of nitrogens with zero attached hydrogens (tertiary/aromatic N) is 3. The predicted octanol–water partition coefficient (Wildman–Crippen LogP) is 1.86. The van der Waals surface area contributed by atoms with Crippen LogP contribution < -0.4 is 5.32 Å². The van der Waals surface area contributed by atoms with Gasteiger partial charge in [0.15, 0.2) is 5.65 Å². The zero-order valence-electron chi connectivity index (χ0n) is 14.4. The highest BCUT2D eigenvalue weighted by atomic mass is 16.3. The molecule has 2 aromatic rings. The van der Waals surface area contributed by atoms with Crippen LogP contribution in [0.4, 0.5) is 0 Å². The Morgan fingerprint density at radius 3 is 2.83 bits per heavy atom. The summed E-state index contributed by atoms with van der Waals surface area (Å²) in [5.74, 6) is 0.0333. The normalized spacial score (nSPS) is 12.6. The average Bonchev–Trinajstić information content (AvgIpc) is 2.85. The summed E-state index contributed by atoms with van der Waals surface area (Å²) in [6.45, 7) is 8.07. The summed E-state index contributed by atoms with van der Waals surface area (Å²) >= 11 is 0. The number of aliphatic hydroxyl groups is 1. The number of nitrogens with one attached hydrogen (secondary N) is 1. The van der Waals surface area contributed by atoms with Gasteiger partial charge in [-0.25, -0.2) is 9.50 Å². The van der Waals surface area contributed by atoms with Gasteiger partial charge < -0.3 is 10.4 Å². The van der Waals surface area contributed by atoms with Gasteiger partial charge >= 0.3 is 0 Å². The van der Waals surface area contributed by atoms with Gasteiger partial charge in [-0.2, -0.15) is 5.10 Å². The molecule has 6 heteroatoms. The fourth-order valence-electron chi connectivity index (χ4n) is 2.86. The molecule has 23 heavy (non-hydrogen) atoms. The van der Waals surface area contributed by atoms with Gasteiger partial charge in [0.25, 0.3) is 0 Å². The van der Waals surface area contributed by atoms with Crippen LogP contribution in [-0.2, 0) is 11.2 Å². The van der Waals surface area contributed by atoms with E-state index in [9.17, 15) is 4.79 Å². The third-order valence-electron chi connectivity index (χ3n) is 4.09. The largest absolute Gasteiger partial charge is 0.396 e. The lowest BCUT2D eigenvalue weighted by molar-refractivity contribution is -0.121. The number of hydrogen-bond acceptors (Lipinski definition) is 4. The second-order valence-corrected chi connectivity index (χ2v) is 6.15. The number of aliphatic hydroxyl groups excluding tert-OH is 1. The van der Waals surface area contributed by atoms with Crippen molar-refractivity contribution in [2.75, 3.05) is 6.61 Å². The summed E-state index contributed by atoms with van der Waals surface area (Å²) in [7, 11) is 0. The fraction of sp³-hybridized carbons (Fsp3) is 0.588. The molecule has 0 bridgehead atoms. The van der Waals surface area contributed by atoms with Crippen molar-refractivity contribution >= 4 is 11.6 Å². The maximum absolute atomic E-state index is 12.1. The molecular weight excluding hydrogens is 292 g/mol. The van der Waals surface area contributed by atoms with Crippen LogP contribution in [0.5, 0.6) is 0 Å². The fourth-order valence-corrected chi connectivity index (χ4v) is 2.86. The molecule has 2 aromatic heterocycles. The monoisotopic (exact) mass is 318 g/mol. The molecule has 0 aliphatic rings. The minimum atomic E-state index is 0.0333. The lowest BCUT2D eigenvalue weighted by Gasteiger charge is -2.14. The van der Waals surface area contributed by atoms with Crippen molar-refractivity contribution < 1.29 is 9.90 Å². The molecule has 0 aliphatic heterocycles. The number of fused-ring (bicyclic) bond motifs is 1. The van der Waals surface area contributed by atoms with E-state index in [0.717, 1.165) is 34.7 Å². The van der Waals surface area contributed by atoms with E-state index < -0.39 is 0 Å². The van der Waals surface area contributed by atoms with E-state index in [2.05, 4.69) is 15.4 Å². The van der Waals surface area contributed by atoms with Crippen LogP contribution in [0.15, 0.2) is 6.07 Å². The lowest BCUT2D eigenvalue weighted by atomic mass is 10.1. The van der Waals surface area contributed by atoms with Crippen molar-refractivity contribution in [2.24, 2.45) is 0 Å². The summed E-state index contributed by atoms with van der Waals surface area (Å²) in [5.41, 5.74) is 4.87. The van der Waals surface area contributed by atoms with Crippen molar-refractivity contribution in [1.82, 2.24) is 19.9 Å². The van der Waals surface area contributed by atoms with Crippen molar-refractivity contribution in [2.45, 2.75) is 59.4 Å². The van der Waals surface area contributed by atoms with Gasteiger partial charge in [0, 0.05) is 36.5 Å². The molecule has 0 aromatic carbocycles. The number of carbonyl (C=O) groups is 1. The van der Waals surface area contributed by atoms with Gasteiger partial charge in [0.05, 0.1) is 5.69 Å². The summed E-state index contributed by atoms with van der Waals surface area (Å²) in [4.78, 5) is 16.6. The van der Waals surface area contributed by atoms with Gasteiger partial charge in [-0.05, 0) is 52.5 Å². The SMILES string of the molecule is Cc1cc2nc(C)c(CCC(=O)NC(C)CCCO)c(C)n2n1. The second kappa shape index (κ2) is 7.55. The lowest BCUT2D eigenvalue weighted by Crippen LogP contribution is -2.32. The van der Waals surface area contributed by atoms with Gasteiger partial charge in [-0.3, -0.25) is 4.79 Å². The van der Waals surface area contributed by atoms with E-state index in [4.69, 9.17) is 5.11 Å². The van der Waals surface area contributed by atoms with E-state index in [1.807, 2.05) is 38.3 Å². The number of carbonyl (C=O) groups excluding carboxylic acids is 1. The van der Waals surface area contributed by atoms with Crippen molar-refractivity contribution in [1.29, 1.82) is 0 Å². The number of rotatable bonds is 7. The molecule has 0 fully saturated rings. The van der Waals surface area contributed by atoms with Crippen molar-refractivity contribution in [3.8, 4) is 0 Å². The van der Waals surface area contributed by atoms with Crippen LogP contribution in [0.3, 0.4) is 0 Å². The number of aromatic nitrogens is 3. The number of amides is 1. The number of aryl methyl sites for hydroxylation is 3. The summed E-state index contributed by atoms with van der Waals surface area (Å²) in [6, 6.07) is 2.05. The third kappa shape index (κ3) is 4.28. The van der Waals surface area contributed by atoms with E-state index in [-0.39, 0.29) is 18.6 Å². The Bertz CT molecular complexity index is 693. The molecule has 0 spiro atoms. The van der Waals surface area contributed by atoms with Crippen LogP contribution in [0, 0.1) is 20.8 Å². The van der Waals surface area contributed by atoms with Crippen molar-refractivity contribution in [3.05, 3.63) is 28.7 Å². The predicted molar refractivity (Wildman–Crippen MR) is 89.4 cm³/mol. The second-order valence-electron chi connectivity index (χ2n) is 6.15. The minimum Gasteiger partial charge on any atom is -0.396 e. The Morgan fingerprint density at radius 2 is 2.13 bits per heavy atom. The van der Waals surface area contributed by atoms with Crippen LogP contribution in [0.1, 0.15) is 48.8 Å². The molecule has 0 saturated heterocycles. The highest BCUT2D eigenvalue weighted by Gasteiger charge is 2.13. The first-order valence-corrected chi connectivity index (χ1v) is 8.15. The smallest absolute Gasteiger partial charge is 0.220 e. The van der Waals surface area contributed by atoms with Gasteiger partial charge in [-0.1, -0.05) is 0 Å². The maximum atomic E-state index is 12.1. The Balaban J connectivity index is 2.03. The molecule has 6 nitrogen and oxygen atoms in total. The highest BCUT2D eigenvalue weighted by molar-refractivity contribution is 5.76. The van der Waals surface area contributed by atoms with Crippen LogP contribution in [-0.4, -0.2) is 38.3 Å². The average molecular weight is 318 g/mol. The minimum absolute atomic E-state index is 0.0333. The first-order chi connectivity index (χ1) is 10.9. The molecule has 1 atom stereocenters. The molecule has 126 valence electrons. The third-order valence-corrected chi connectivity index (χ3v) is 4.09. The molecule has 0 radical (unpaired) electrons. The maximum Gasteiger partial charge on any atom is 0.220 e. The summed E-state index contributed by atoms with van der Waals surface area (Å²) < 4.78 is 1.85. The Morgan fingerprint density at radius 1 is 1.39 bits per heavy atom. The molecule has 0 saturated carbocycles. The van der Waals surface area contributed by atoms with Crippen molar-refractivity contribution in [3.63, 3.8) is 0 Å². The number of hydrogen-bond donors (Lipinski definition) is 2. The summed E-state index contributed by atoms with van der Waals surface area (Å²) in [5, 5.41) is 16.2. The van der Waals surface area contributed by atoms with E-state index in [1.165, 1.54) is 0 Å². The van der Waals surface area contributed by atoms with Gasteiger partial charge in [-0.15, -0.1) is 0 Å². The zero-order chi connectivity index (χ0) is 17.0. The Kier molecular flexibility index (Phi) is 5.71. The Labute approximate surface area is 136 Å². The van der Waals surface area contributed by atoms with E-state index in [0.29, 0.717) is 19.3 Å². The molecule has 2 rings (SSSR count). The van der Waals surface area contributed by atoms with E-state index in [1.54, 1.807) is 0 Å². The quantitative estimate of drug-likeness (QED) is 0.817. The zero-order valence-corrected chi connectivity index (χ0v) is 14.4. The van der Waals surface area contributed by atoms with Crippen LogP contribution >= 0.6 is 0 Å².